The molecule has 1 N–H and O–H groups in total. The Hall–Kier alpha value is -2.30. The zero-order valence-electron chi connectivity index (χ0n) is 10.6. The number of hydrogen-bond acceptors (Lipinski definition) is 4. The van der Waals surface area contributed by atoms with E-state index < -0.39 is 5.97 Å². The van der Waals surface area contributed by atoms with Gasteiger partial charge in [0, 0.05) is 18.5 Å². The third-order valence-corrected chi connectivity index (χ3v) is 2.85. The summed E-state index contributed by atoms with van der Waals surface area (Å²) in [6.45, 7) is 2.16. The first-order valence-corrected chi connectivity index (χ1v) is 6.11. The number of carbonyl (C=O) groups excluding carboxylic acids is 2. The Morgan fingerprint density at radius 2 is 2.00 bits per heavy atom. The summed E-state index contributed by atoms with van der Waals surface area (Å²) in [5, 5.41) is 9.74. The lowest BCUT2D eigenvalue weighted by Gasteiger charge is -2.18. The van der Waals surface area contributed by atoms with E-state index in [1.54, 1.807) is 37.3 Å². The summed E-state index contributed by atoms with van der Waals surface area (Å²) in [5.74, 6) is -1.07. The molecule has 100 valence electrons. The van der Waals surface area contributed by atoms with Crippen LogP contribution in [0.5, 0.6) is 0 Å². The van der Waals surface area contributed by atoms with Gasteiger partial charge in [-0.2, -0.15) is 0 Å². The van der Waals surface area contributed by atoms with Crippen molar-refractivity contribution in [1.82, 2.24) is 4.90 Å². The molecule has 1 aliphatic heterocycles. The fraction of sp³-hybridized carbons (Fsp3) is 0.286. The molecule has 1 aliphatic rings. The number of carbonyl (C=O) groups is 2. The van der Waals surface area contributed by atoms with E-state index in [9.17, 15) is 14.7 Å². The van der Waals surface area contributed by atoms with Gasteiger partial charge in [0.05, 0.1) is 6.61 Å². The zero-order valence-corrected chi connectivity index (χ0v) is 10.6. The maximum Gasteiger partial charge on any atom is 0.358 e. The molecular formula is C14H15NO4. The van der Waals surface area contributed by atoms with Crippen molar-refractivity contribution >= 4 is 11.9 Å². The molecule has 0 bridgehead atoms. The molecule has 0 aromatic heterocycles. The van der Waals surface area contributed by atoms with E-state index in [4.69, 9.17) is 4.74 Å². The summed E-state index contributed by atoms with van der Waals surface area (Å²) >= 11 is 0. The first-order valence-electron chi connectivity index (χ1n) is 6.11. The zero-order chi connectivity index (χ0) is 13.8. The molecule has 0 unspecified atom stereocenters. The van der Waals surface area contributed by atoms with Crippen LogP contribution in [0.4, 0.5) is 0 Å². The average molecular weight is 261 g/mol. The number of ether oxygens (including phenoxy) is 1. The number of aliphatic hydroxyl groups is 1. The van der Waals surface area contributed by atoms with E-state index in [-0.39, 0.29) is 36.9 Å². The van der Waals surface area contributed by atoms with Crippen LogP contribution in [0, 0.1) is 0 Å². The standard InChI is InChI=1S/C14H15NO4/c1-2-19-14(18)12-11(16)8-9-15(12)13(17)10-6-4-3-5-7-10/h3-7,16H,2,8-9H2,1H3. The minimum atomic E-state index is -0.665. The van der Waals surface area contributed by atoms with Gasteiger partial charge in [-0.1, -0.05) is 18.2 Å². The van der Waals surface area contributed by atoms with Crippen LogP contribution < -0.4 is 0 Å². The van der Waals surface area contributed by atoms with Crippen LogP contribution in [0.15, 0.2) is 41.8 Å². The minimum Gasteiger partial charge on any atom is -0.510 e. The molecule has 0 fully saturated rings. The number of benzene rings is 1. The van der Waals surface area contributed by atoms with Gasteiger partial charge in [0.25, 0.3) is 5.91 Å². The smallest absolute Gasteiger partial charge is 0.358 e. The number of esters is 1. The van der Waals surface area contributed by atoms with E-state index in [1.165, 1.54) is 4.90 Å². The highest BCUT2D eigenvalue weighted by molar-refractivity contribution is 6.01. The lowest BCUT2D eigenvalue weighted by Crippen LogP contribution is -2.32. The van der Waals surface area contributed by atoms with E-state index in [0.717, 1.165) is 0 Å². The molecule has 5 nitrogen and oxygen atoms in total. The third kappa shape index (κ3) is 2.59. The van der Waals surface area contributed by atoms with Gasteiger partial charge < -0.3 is 9.84 Å². The quantitative estimate of drug-likeness (QED) is 0.843. The molecule has 5 heteroatoms. The van der Waals surface area contributed by atoms with Crippen LogP contribution in [-0.2, 0) is 9.53 Å². The second kappa shape index (κ2) is 5.56. The third-order valence-electron chi connectivity index (χ3n) is 2.85. The SMILES string of the molecule is CCOC(=O)C1=C(O)CCN1C(=O)c1ccccc1. The van der Waals surface area contributed by atoms with Crippen molar-refractivity contribution in [2.75, 3.05) is 13.2 Å². The summed E-state index contributed by atoms with van der Waals surface area (Å²) in [6.07, 6.45) is 0.271. The maximum atomic E-state index is 12.3. The molecule has 19 heavy (non-hydrogen) atoms. The first kappa shape index (κ1) is 13.1. The Morgan fingerprint density at radius 1 is 1.32 bits per heavy atom. The fourth-order valence-electron chi connectivity index (χ4n) is 1.97. The number of amides is 1. The Kier molecular flexibility index (Phi) is 3.85. The molecule has 0 saturated carbocycles. The monoisotopic (exact) mass is 261 g/mol. The lowest BCUT2D eigenvalue weighted by molar-refractivity contribution is -0.140. The van der Waals surface area contributed by atoms with Crippen LogP contribution in [0.2, 0.25) is 0 Å². The van der Waals surface area contributed by atoms with Crippen molar-refractivity contribution in [3.63, 3.8) is 0 Å². The molecule has 1 amide bonds. The largest absolute Gasteiger partial charge is 0.510 e. The van der Waals surface area contributed by atoms with Gasteiger partial charge in [0.15, 0.2) is 5.70 Å². The highest BCUT2D eigenvalue weighted by Crippen LogP contribution is 2.24. The van der Waals surface area contributed by atoms with Crippen molar-refractivity contribution in [3.05, 3.63) is 47.4 Å². The van der Waals surface area contributed by atoms with Crippen molar-refractivity contribution in [1.29, 1.82) is 0 Å². The molecule has 1 aromatic carbocycles. The predicted molar refractivity (Wildman–Crippen MR) is 68.4 cm³/mol. The topological polar surface area (TPSA) is 66.8 Å². The normalized spacial score (nSPS) is 14.7. The van der Waals surface area contributed by atoms with Crippen LogP contribution >= 0.6 is 0 Å². The molecular weight excluding hydrogens is 246 g/mol. The summed E-state index contributed by atoms with van der Waals surface area (Å²) in [7, 11) is 0. The Balaban J connectivity index is 2.26. The van der Waals surface area contributed by atoms with Crippen molar-refractivity contribution < 1.29 is 19.4 Å². The number of nitrogens with zero attached hydrogens (tertiary/aromatic N) is 1. The van der Waals surface area contributed by atoms with E-state index >= 15 is 0 Å². The Morgan fingerprint density at radius 3 is 2.63 bits per heavy atom. The van der Waals surface area contributed by atoms with Crippen LogP contribution in [0.1, 0.15) is 23.7 Å². The summed E-state index contributed by atoms with van der Waals surface area (Å²) in [4.78, 5) is 25.3. The van der Waals surface area contributed by atoms with Gasteiger partial charge in [-0.15, -0.1) is 0 Å². The summed E-state index contributed by atoms with van der Waals surface area (Å²) in [5.41, 5.74) is 0.426. The molecule has 0 spiro atoms. The second-order valence-electron chi connectivity index (χ2n) is 4.09. The maximum absolute atomic E-state index is 12.3. The van der Waals surface area contributed by atoms with Crippen LogP contribution in [-0.4, -0.2) is 35.0 Å². The average Bonchev–Trinajstić information content (AvgIpc) is 2.81. The van der Waals surface area contributed by atoms with Crippen molar-refractivity contribution in [3.8, 4) is 0 Å². The Bertz CT molecular complexity index is 522. The highest BCUT2D eigenvalue weighted by atomic mass is 16.5. The van der Waals surface area contributed by atoms with Gasteiger partial charge >= 0.3 is 5.97 Å². The predicted octanol–water partition coefficient (Wildman–Crippen LogP) is 1.87. The van der Waals surface area contributed by atoms with Crippen molar-refractivity contribution in [2.45, 2.75) is 13.3 Å². The molecule has 0 atom stereocenters. The van der Waals surface area contributed by atoms with Crippen LogP contribution in [0.25, 0.3) is 0 Å². The van der Waals surface area contributed by atoms with Gasteiger partial charge in [-0.05, 0) is 19.1 Å². The number of rotatable bonds is 3. The van der Waals surface area contributed by atoms with Crippen molar-refractivity contribution in [2.24, 2.45) is 0 Å². The highest BCUT2D eigenvalue weighted by Gasteiger charge is 2.33. The van der Waals surface area contributed by atoms with Gasteiger partial charge in [-0.25, -0.2) is 4.79 Å². The Labute approximate surface area is 111 Å². The lowest BCUT2D eigenvalue weighted by atomic mass is 10.2. The van der Waals surface area contributed by atoms with Gasteiger partial charge in [-0.3, -0.25) is 9.69 Å². The molecule has 0 saturated heterocycles. The summed E-state index contributed by atoms with van der Waals surface area (Å²) < 4.78 is 4.86. The molecule has 0 radical (unpaired) electrons. The van der Waals surface area contributed by atoms with Gasteiger partial charge in [0.2, 0.25) is 0 Å². The van der Waals surface area contributed by atoms with Crippen LogP contribution in [0.3, 0.4) is 0 Å². The van der Waals surface area contributed by atoms with E-state index in [1.807, 2.05) is 0 Å². The summed E-state index contributed by atoms with van der Waals surface area (Å²) in [6, 6.07) is 8.63. The molecule has 0 aliphatic carbocycles. The molecule has 1 aromatic rings. The molecule has 2 rings (SSSR count). The first-order chi connectivity index (χ1) is 9.15. The van der Waals surface area contributed by atoms with E-state index in [0.29, 0.717) is 5.56 Å². The number of aliphatic hydroxyl groups excluding tert-OH is 1. The fourth-order valence-corrected chi connectivity index (χ4v) is 1.97. The second-order valence-corrected chi connectivity index (χ2v) is 4.09. The minimum absolute atomic E-state index is 0.0456. The number of hydrogen-bond donors (Lipinski definition) is 1. The van der Waals surface area contributed by atoms with E-state index in [2.05, 4.69) is 0 Å². The molecule has 1 heterocycles. The van der Waals surface area contributed by atoms with Gasteiger partial charge in [0.1, 0.15) is 5.76 Å².